The number of para-hydroxylation sites is 3. The van der Waals surface area contributed by atoms with Gasteiger partial charge < -0.3 is 34.2 Å². The molecular weight excluding hydrogens is 512 g/mol. The zero-order valence-electron chi connectivity index (χ0n) is 23.7. The van der Waals surface area contributed by atoms with E-state index in [1.807, 2.05) is 25.1 Å². The number of phenols is 2. The topological polar surface area (TPSA) is 109 Å². The van der Waals surface area contributed by atoms with E-state index in [9.17, 15) is 19.8 Å². The number of aromatic hydroxyl groups is 2. The Morgan fingerprint density at radius 1 is 0.700 bits per heavy atom. The van der Waals surface area contributed by atoms with E-state index >= 15 is 0 Å². The molecule has 9 heteroatoms. The number of hydrogen-bond donors (Lipinski definition) is 2. The zero-order valence-corrected chi connectivity index (χ0v) is 23.7. The molecule has 0 bridgehead atoms. The molecule has 0 aliphatic heterocycles. The minimum Gasteiger partial charge on any atom is -0.508 e. The second kappa shape index (κ2) is 17.5. The van der Waals surface area contributed by atoms with Crippen LogP contribution in [0.1, 0.15) is 40.1 Å². The molecule has 40 heavy (non-hydrogen) atoms. The lowest BCUT2D eigenvalue weighted by molar-refractivity contribution is 0.0457. The van der Waals surface area contributed by atoms with Gasteiger partial charge in [0.2, 0.25) is 0 Å². The zero-order chi connectivity index (χ0) is 29.3. The van der Waals surface area contributed by atoms with Gasteiger partial charge >= 0.3 is 11.9 Å². The number of rotatable bonds is 13. The highest BCUT2D eigenvalue weighted by molar-refractivity contribution is 5.92. The molecule has 216 valence electrons. The summed E-state index contributed by atoms with van der Waals surface area (Å²) in [6.07, 6.45) is 0. The van der Waals surface area contributed by atoms with Gasteiger partial charge in [-0.25, -0.2) is 9.59 Å². The van der Waals surface area contributed by atoms with Crippen LogP contribution < -0.4 is 4.74 Å². The van der Waals surface area contributed by atoms with Crippen molar-refractivity contribution in [2.24, 2.45) is 0 Å². The SMILES string of the molecule is CCN(CC)CCOC(=O)c1ccccc1OCc1ccccc1O.CN(C)CCOC(=O)c1ccccc1O. The fourth-order valence-electron chi connectivity index (χ4n) is 3.48. The molecule has 0 aromatic heterocycles. The summed E-state index contributed by atoms with van der Waals surface area (Å²) in [5.41, 5.74) is 1.25. The second-order valence-corrected chi connectivity index (χ2v) is 9.03. The third-order valence-electron chi connectivity index (χ3n) is 5.91. The van der Waals surface area contributed by atoms with Crippen molar-refractivity contribution in [3.05, 3.63) is 89.5 Å². The third kappa shape index (κ3) is 11.0. The van der Waals surface area contributed by atoms with Crippen molar-refractivity contribution in [2.75, 3.05) is 53.5 Å². The van der Waals surface area contributed by atoms with Crippen molar-refractivity contribution in [1.82, 2.24) is 9.80 Å². The van der Waals surface area contributed by atoms with Crippen LogP contribution in [0.3, 0.4) is 0 Å². The molecule has 0 radical (unpaired) electrons. The van der Waals surface area contributed by atoms with Crippen LogP contribution in [0.4, 0.5) is 0 Å². The van der Waals surface area contributed by atoms with Crippen molar-refractivity contribution in [3.8, 4) is 17.2 Å². The van der Waals surface area contributed by atoms with Gasteiger partial charge in [0.15, 0.2) is 0 Å². The molecule has 3 aromatic carbocycles. The van der Waals surface area contributed by atoms with E-state index in [1.54, 1.807) is 54.6 Å². The van der Waals surface area contributed by atoms with Gasteiger partial charge in [-0.3, -0.25) is 0 Å². The smallest absolute Gasteiger partial charge is 0.341 e. The van der Waals surface area contributed by atoms with Crippen molar-refractivity contribution >= 4 is 11.9 Å². The van der Waals surface area contributed by atoms with Gasteiger partial charge in [-0.15, -0.1) is 0 Å². The molecule has 0 unspecified atom stereocenters. The summed E-state index contributed by atoms with van der Waals surface area (Å²) < 4.78 is 16.1. The lowest BCUT2D eigenvalue weighted by Crippen LogP contribution is -2.28. The lowest BCUT2D eigenvalue weighted by Gasteiger charge is -2.18. The Morgan fingerprint density at radius 3 is 1.82 bits per heavy atom. The summed E-state index contributed by atoms with van der Waals surface area (Å²) in [6.45, 7) is 8.22. The average Bonchev–Trinajstić information content (AvgIpc) is 2.95. The maximum atomic E-state index is 12.3. The maximum absolute atomic E-state index is 12.3. The summed E-state index contributed by atoms with van der Waals surface area (Å²) in [4.78, 5) is 27.9. The van der Waals surface area contributed by atoms with Gasteiger partial charge in [0.25, 0.3) is 0 Å². The Bertz CT molecular complexity index is 1200. The normalized spacial score (nSPS) is 10.6. The molecule has 0 amide bonds. The van der Waals surface area contributed by atoms with Gasteiger partial charge in [-0.05, 0) is 57.5 Å². The van der Waals surface area contributed by atoms with Crippen LogP contribution in [-0.4, -0.2) is 85.4 Å². The van der Waals surface area contributed by atoms with Gasteiger partial charge in [-0.1, -0.05) is 56.3 Å². The van der Waals surface area contributed by atoms with E-state index in [-0.39, 0.29) is 23.7 Å². The minimum atomic E-state index is -0.491. The van der Waals surface area contributed by atoms with Crippen LogP contribution in [0, 0.1) is 0 Å². The Hall–Kier alpha value is -4.08. The highest BCUT2D eigenvalue weighted by atomic mass is 16.5. The number of benzene rings is 3. The van der Waals surface area contributed by atoms with E-state index in [4.69, 9.17) is 14.2 Å². The summed E-state index contributed by atoms with van der Waals surface area (Å²) in [5.74, 6) is -0.331. The molecule has 9 nitrogen and oxygen atoms in total. The van der Waals surface area contributed by atoms with Gasteiger partial charge in [-0.2, -0.15) is 0 Å². The Kier molecular flexibility index (Phi) is 14.1. The van der Waals surface area contributed by atoms with Crippen molar-refractivity contribution in [1.29, 1.82) is 0 Å². The number of phenolic OH excluding ortho intramolecular Hbond substituents is 2. The highest BCUT2D eigenvalue weighted by Gasteiger charge is 2.15. The molecule has 0 fully saturated rings. The van der Waals surface area contributed by atoms with Crippen LogP contribution in [0.15, 0.2) is 72.8 Å². The van der Waals surface area contributed by atoms with E-state index in [1.165, 1.54) is 12.1 Å². The average molecular weight is 553 g/mol. The molecule has 0 heterocycles. The van der Waals surface area contributed by atoms with E-state index in [0.29, 0.717) is 43.2 Å². The van der Waals surface area contributed by atoms with Crippen LogP contribution in [-0.2, 0) is 16.1 Å². The molecule has 3 aromatic rings. The number of hydrogen-bond acceptors (Lipinski definition) is 9. The van der Waals surface area contributed by atoms with Gasteiger partial charge in [0, 0.05) is 18.7 Å². The predicted molar refractivity (Wildman–Crippen MR) is 154 cm³/mol. The molecule has 2 N–H and O–H groups in total. The third-order valence-corrected chi connectivity index (χ3v) is 5.91. The largest absolute Gasteiger partial charge is 0.508 e. The number of nitrogens with zero attached hydrogens (tertiary/aromatic N) is 2. The summed E-state index contributed by atoms with van der Waals surface area (Å²) in [6, 6.07) is 20.3. The van der Waals surface area contributed by atoms with Crippen LogP contribution in [0.25, 0.3) is 0 Å². The first-order valence-corrected chi connectivity index (χ1v) is 13.2. The number of carbonyl (C=O) groups is 2. The molecule has 0 spiro atoms. The Morgan fingerprint density at radius 2 is 1.23 bits per heavy atom. The Labute approximate surface area is 236 Å². The first-order chi connectivity index (χ1) is 19.3. The number of likely N-dealkylation sites (N-methyl/N-ethyl adjacent to an activating group) is 2. The molecule has 3 rings (SSSR count). The van der Waals surface area contributed by atoms with E-state index in [2.05, 4.69) is 18.7 Å². The van der Waals surface area contributed by atoms with Crippen molar-refractivity contribution in [3.63, 3.8) is 0 Å². The van der Waals surface area contributed by atoms with Crippen LogP contribution in [0.5, 0.6) is 17.2 Å². The fraction of sp³-hybridized carbons (Fsp3) is 0.355. The predicted octanol–water partition coefficient (Wildman–Crippen LogP) is 4.58. The molecule has 0 aliphatic carbocycles. The Balaban J connectivity index is 0.000000319. The van der Waals surface area contributed by atoms with Crippen molar-refractivity contribution < 1.29 is 34.0 Å². The maximum Gasteiger partial charge on any atom is 0.341 e. The monoisotopic (exact) mass is 552 g/mol. The van der Waals surface area contributed by atoms with Crippen LogP contribution in [0.2, 0.25) is 0 Å². The number of carbonyl (C=O) groups excluding carboxylic acids is 2. The highest BCUT2D eigenvalue weighted by Crippen LogP contribution is 2.23. The van der Waals surface area contributed by atoms with E-state index in [0.717, 1.165) is 13.1 Å². The summed E-state index contributed by atoms with van der Waals surface area (Å²) in [7, 11) is 3.79. The lowest BCUT2D eigenvalue weighted by atomic mass is 10.2. The molecule has 0 aliphatic rings. The number of esters is 2. The first-order valence-electron chi connectivity index (χ1n) is 13.2. The quantitative estimate of drug-likeness (QED) is 0.295. The first kappa shape index (κ1) is 32.1. The fourth-order valence-corrected chi connectivity index (χ4v) is 3.48. The molecule has 0 saturated carbocycles. The molecule has 0 atom stereocenters. The number of ether oxygens (including phenoxy) is 3. The summed E-state index contributed by atoms with van der Waals surface area (Å²) >= 11 is 0. The molecule has 0 saturated heterocycles. The van der Waals surface area contributed by atoms with Crippen LogP contribution >= 0.6 is 0 Å². The molecular formula is C31H40N2O7. The summed E-state index contributed by atoms with van der Waals surface area (Å²) in [5, 5.41) is 19.2. The van der Waals surface area contributed by atoms with Gasteiger partial charge in [0.1, 0.15) is 48.2 Å². The van der Waals surface area contributed by atoms with Crippen molar-refractivity contribution in [2.45, 2.75) is 20.5 Å². The van der Waals surface area contributed by atoms with E-state index < -0.39 is 11.9 Å². The second-order valence-electron chi connectivity index (χ2n) is 9.03. The minimum absolute atomic E-state index is 0.0487. The van der Waals surface area contributed by atoms with Gasteiger partial charge in [0.05, 0.1) is 0 Å². The standard InChI is InChI=1S/C20H25NO4.C11H15NO3/c1-3-21(4-2)13-14-24-20(23)17-10-6-8-12-19(17)25-15-16-9-5-7-11-18(16)22;1-12(2)7-8-15-11(14)9-5-3-4-6-10(9)13/h5-12,22H,3-4,13-15H2,1-2H3;3-6,13H,7-8H2,1-2H3.